The molecular weight excluding hydrogens is 672 g/mol. The summed E-state index contributed by atoms with van der Waals surface area (Å²) in [6.07, 6.45) is 4.21. The van der Waals surface area contributed by atoms with Gasteiger partial charge in [0.15, 0.2) is 0 Å². The van der Waals surface area contributed by atoms with Gasteiger partial charge in [-0.3, -0.25) is 9.59 Å². The third kappa shape index (κ3) is 6.34. The minimum atomic E-state index is -6.04. The first-order valence-electron chi connectivity index (χ1n) is 16.1. The van der Waals surface area contributed by atoms with E-state index in [1.54, 1.807) is 24.8 Å². The average molecular weight is 709 g/mol. The number of methoxy groups -OCH3 is 1. The second kappa shape index (κ2) is 12.6. The van der Waals surface area contributed by atoms with Crippen LogP contribution in [0, 0.1) is 17.2 Å². The van der Waals surface area contributed by atoms with E-state index in [0.29, 0.717) is 37.4 Å². The number of ether oxygens (including phenoxy) is 1. The van der Waals surface area contributed by atoms with Gasteiger partial charge in [-0.05, 0) is 73.1 Å². The highest BCUT2D eigenvalue weighted by molar-refractivity contribution is 7.88. The Labute approximate surface area is 279 Å². The topological polar surface area (TPSA) is 148 Å². The quantitative estimate of drug-likeness (QED) is 0.182. The Kier molecular flexibility index (Phi) is 8.90. The number of carbonyl (C=O) groups excluding carboxylic acids is 2. The Morgan fingerprint density at radius 1 is 1.10 bits per heavy atom. The summed E-state index contributed by atoms with van der Waals surface area (Å²) in [5.74, 6) is -2.02. The number of fused-ring (bicyclic) bond motifs is 2. The number of amides is 2. The lowest BCUT2D eigenvalue weighted by Gasteiger charge is -2.30. The molecule has 1 aromatic heterocycles. The van der Waals surface area contributed by atoms with Gasteiger partial charge in [0.2, 0.25) is 5.91 Å². The van der Waals surface area contributed by atoms with Crippen LogP contribution in [0.2, 0.25) is 0 Å². The van der Waals surface area contributed by atoms with E-state index in [9.17, 15) is 36.0 Å². The van der Waals surface area contributed by atoms with Gasteiger partial charge in [-0.15, -0.1) is 0 Å². The van der Waals surface area contributed by atoms with Crippen LogP contribution in [-0.2, 0) is 32.5 Å². The summed E-state index contributed by atoms with van der Waals surface area (Å²) in [6, 6.07) is 3.76. The monoisotopic (exact) mass is 708 g/mol. The number of nitrogens with zero attached hydrogens (tertiary/aromatic N) is 2. The Bertz CT molecular complexity index is 1990. The van der Waals surface area contributed by atoms with E-state index in [2.05, 4.69) is 24.2 Å². The molecule has 49 heavy (non-hydrogen) atoms. The van der Waals surface area contributed by atoms with Crippen LogP contribution in [0.5, 0.6) is 5.75 Å². The Balaban J connectivity index is 1.37. The summed E-state index contributed by atoms with van der Waals surface area (Å²) in [5.41, 5.74) is -5.43. The number of aromatic amines is 1. The standard InChI is InChI=1S/C33H36F4N4O7S/c1-17(2)27(39-31(44)47-3)30(43)41-12-6-7-24(41)28-38-23-9-8-18(13-19(23)29(42)40-28)26-21-16-32(10-4-5-11-32)15-20(21)25(14-22(26)34)48-49(45,46)33(35,36)37/h8-9,13-14,17,24,27H,4-7,10-12,15-16H2,1-3H3,(H,39,44)(H,38,40,42)/t24-,27-/m0/s1. The van der Waals surface area contributed by atoms with E-state index in [-0.39, 0.29) is 57.1 Å². The molecule has 2 heterocycles. The number of aromatic nitrogens is 2. The van der Waals surface area contributed by atoms with Gasteiger partial charge in [-0.1, -0.05) is 32.8 Å². The van der Waals surface area contributed by atoms with Gasteiger partial charge in [-0.25, -0.2) is 14.2 Å². The fourth-order valence-electron chi connectivity index (χ4n) is 7.61. The van der Waals surface area contributed by atoms with Crippen LogP contribution in [0.3, 0.4) is 0 Å². The molecule has 1 aliphatic heterocycles. The minimum Gasteiger partial charge on any atom is -0.453 e. The minimum absolute atomic E-state index is 0.0614. The smallest absolute Gasteiger partial charge is 0.453 e. The number of alkyl halides is 3. The second-order valence-electron chi connectivity index (χ2n) is 13.5. The van der Waals surface area contributed by atoms with Crippen molar-refractivity contribution in [3.05, 3.63) is 57.4 Å². The molecule has 3 aliphatic rings. The number of rotatable bonds is 7. The first kappa shape index (κ1) is 34.6. The zero-order chi connectivity index (χ0) is 35.5. The molecule has 3 aromatic rings. The molecule has 1 saturated carbocycles. The lowest BCUT2D eigenvalue weighted by Crippen LogP contribution is -2.51. The molecule has 16 heteroatoms. The van der Waals surface area contributed by atoms with Crippen molar-refractivity contribution in [2.45, 2.75) is 82.8 Å². The summed E-state index contributed by atoms with van der Waals surface area (Å²) in [5, 5.41) is 2.69. The maximum atomic E-state index is 15.9. The van der Waals surface area contributed by atoms with Crippen LogP contribution in [0.1, 0.15) is 75.4 Å². The summed E-state index contributed by atoms with van der Waals surface area (Å²) >= 11 is 0. The lowest BCUT2D eigenvalue weighted by atomic mass is 9.83. The van der Waals surface area contributed by atoms with Gasteiger partial charge in [0, 0.05) is 23.7 Å². The Morgan fingerprint density at radius 2 is 1.80 bits per heavy atom. The summed E-state index contributed by atoms with van der Waals surface area (Å²) in [7, 11) is -4.84. The van der Waals surface area contributed by atoms with E-state index < -0.39 is 50.9 Å². The van der Waals surface area contributed by atoms with E-state index in [1.807, 2.05) is 0 Å². The predicted octanol–water partition coefficient (Wildman–Crippen LogP) is 5.66. The van der Waals surface area contributed by atoms with E-state index >= 15 is 4.39 Å². The van der Waals surface area contributed by atoms with Gasteiger partial charge in [0.25, 0.3) is 5.56 Å². The zero-order valence-corrected chi connectivity index (χ0v) is 27.9. The molecule has 6 rings (SSSR count). The SMILES string of the molecule is COC(=O)N[C@H](C(=O)N1CCC[C@H]1c1nc2ccc(-c3c(F)cc(OS(=O)(=O)C(F)(F)F)c4c3CC3(CCCC3)C4)cc2c(=O)[nH]1)C(C)C. The molecule has 2 aliphatic carbocycles. The highest BCUT2D eigenvalue weighted by Crippen LogP contribution is 2.54. The molecule has 1 saturated heterocycles. The number of halogens is 4. The molecule has 11 nitrogen and oxygen atoms in total. The molecule has 2 fully saturated rings. The number of hydrogen-bond acceptors (Lipinski definition) is 8. The average Bonchev–Trinajstić information content (AvgIpc) is 3.79. The summed E-state index contributed by atoms with van der Waals surface area (Å²) in [4.78, 5) is 48.0. The zero-order valence-electron chi connectivity index (χ0n) is 27.1. The van der Waals surface area contributed by atoms with Crippen LogP contribution >= 0.6 is 0 Å². The fourth-order valence-corrected chi connectivity index (χ4v) is 8.09. The van der Waals surface area contributed by atoms with Crippen molar-refractivity contribution in [1.29, 1.82) is 0 Å². The third-order valence-electron chi connectivity index (χ3n) is 9.97. The van der Waals surface area contributed by atoms with Crippen molar-refractivity contribution >= 4 is 33.0 Å². The number of benzene rings is 2. The molecular formula is C33H36F4N4O7S. The van der Waals surface area contributed by atoms with Crippen molar-refractivity contribution in [3.63, 3.8) is 0 Å². The van der Waals surface area contributed by atoms with Crippen molar-refractivity contribution < 1.29 is 44.5 Å². The maximum Gasteiger partial charge on any atom is 0.534 e. The first-order chi connectivity index (χ1) is 23.0. The van der Waals surface area contributed by atoms with Crippen LogP contribution in [-0.4, -0.2) is 60.5 Å². The van der Waals surface area contributed by atoms with E-state index in [4.69, 9.17) is 0 Å². The number of nitrogens with one attached hydrogen (secondary N) is 2. The summed E-state index contributed by atoms with van der Waals surface area (Å²) in [6.45, 7) is 3.95. The van der Waals surface area contributed by atoms with Crippen LogP contribution in [0.25, 0.3) is 22.0 Å². The number of hydrogen-bond donors (Lipinski definition) is 2. The van der Waals surface area contributed by atoms with Gasteiger partial charge in [0.05, 0.1) is 24.1 Å². The van der Waals surface area contributed by atoms with Crippen LogP contribution in [0.15, 0.2) is 29.1 Å². The van der Waals surface area contributed by atoms with Gasteiger partial charge in [0.1, 0.15) is 23.4 Å². The molecule has 2 N–H and O–H groups in total. The molecule has 264 valence electrons. The van der Waals surface area contributed by atoms with Crippen LogP contribution < -0.4 is 15.1 Å². The number of likely N-dealkylation sites (tertiary alicyclic amines) is 1. The first-order valence-corrected chi connectivity index (χ1v) is 17.5. The number of carbonyl (C=O) groups is 2. The summed E-state index contributed by atoms with van der Waals surface area (Å²) < 4.78 is 88.6. The van der Waals surface area contributed by atoms with E-state index in [0.717, 1.165) is 25.7 Å². The number of H-pyrrole nitrogens is 1. The highest BCUT2D eigenvalue weighted by atomic mass is 32.2. The highest BCUT2D eigenvalue weighted by Gasteiger charge is 2.50. The van der Waals surface area contributed by atoms with E-state index in [1.165, 1.54) is 19.2 Å². The van der Waals surface area contributed by atoms with Crippen LogP contribution in [0.4, 0.5) is 22.4 Å². The molecule has 0 bridgehead atoms. The molecule has 2 aromatic carbocycles. The fraction of sp³-hybridized carbons (Fsp3) is 0.515. The molecule has 1 spiro atoms. The van der Waals surface area contributed by atoms with Crippen molar-refractivity contribution in [2.75, 3.05) is 13.7 Å². The lowest BCUT2D eigenvalue weighted by molar-refractivity contribution is -0.135. The van der Waals surface area contributed by atoms with Gasteiger partial charge >= 0.3 is 21.7 Å². The third-order valence-corrected chi connectivity index (χ3v) is 10.9. The second-order valence-corrected chi connectivity index (χ2v) is 15.0. The van der Waals surface area contributed by atoms with Gasteiger partial charge < -0.3 is 24.1 Å². The molecule has 2 amide bonds. The largest absolute Gasteiger partial charge is 0.534 e. The van der Waals surface area contributed by atoms with Gasteiger partial charge in [-0.2, -0.15) is 21.6 Å². The molecule has 0 radical (unpaired) electrons. The predicted molar refractivity (Wildman–Crippen MR) is 170 cm³/mol. The Morgan fingerprint density at radius 3 is 2.45 bits per heavy atom. The molecule has 2 atom stereocenters. The number of alkyl carbamates (subject to hydrolysis) is 1. The van der Waals surface area contributed by atoms with Crippen molar-refractivity contribution in [3.8, 4) is 16.9 Å². The normalized spacial score (nSPS) is 19.4. The molecule has 0 unspecified atom stereocenters. The van der Waals surface area contributed by atoms with Crippen molar-refractivity contribution in [1.82, 2.24) is 20.2 Å². The Hall–Kier alpha value is -4.21. The maximum absolute atomic E-state index is 15.9. The van der Waals surface area contributed by atoms with Crippen molar-refractivity contribution in [2.24, 2.45) is 11.3 Å².